The molecule has 23 heavy (non-hydrogen) atoms. The minimum Gasteiger partial charge on any atom is -0.497 e. The van der Waals surface area contributed by atoms with E-state index >= 15 is 0 Å². The molecule has 0 saturated carbocycles. The van der Waals surface area contributed by atoms with E-state index in [1.165, 1.54) is 12.0 Å². The Balaban J connectivity index is 1.72. The highest BCUT2D eigenvalue weighted by Crippen LogP contribution is 2.33. The number of nitrogens with zero attached hydrogens (tertiary/aromatic N) is 3. The van der Waals surface area contributed by atoms with Crippen molar-refractivity contribution in [3.63, 3.8) is 0 Å². The molecule has 1 saturated heterocycles. The van der Waals surface area contributed by atoms with Gasteiger partial charge in [-0.05, 0) is 37.1 Å². The van der Waals surface area contributed by atoms with Gasteiger partial charge in [0.25, 0.3) is 0 Å². The van der Waals surface area contributed by atoms with Gasteiger partial charge >= 0.3 is 0 Å². The van der Waals surface area contributed by atoms with Crippen LogP contribution in [0.3, 0.4) is 0 Å². The van der Waals surface area contributed by atoms with Crippen molar-refractivity contribution in [2.45, 2.75) is 51.6 Å². The second-order valence-corrected chi connectivity index (χ2v) is 7.16. The van der Waals surface area contributed by atoms with E-state index in [0.29, 0.717) is 18.5 Å². The largest absolute Gasteiger partial charge is 0.497 e. The van der Waals surface area contributed by atoms with Gasteiger partial charge in [-0.3, -0.25) is 4.90 Å². The first-order valence-electron chi connectivity index (χ1n) is 8.18. The first-order chi connectivity index (χ1) is 11.0. The zero-order valence-corrected chi connectivity index (χ0v) is 14.4. The summed E-state index contributed by atoms with van der Waals surface area (Å²) in [4.78, 5) is 6.98. The van der Waals surface area contributed by atoms with Gasteiger partial charge in [0, 0.05) is 11.5 Å². The maximum Gasteiger partial charge on any atom is 0.240 e. The summed E-state index contributed by atoms with van der Waals surface area (Å²) >= 11 is 0. The normalized spacial score (nSPS) is 19.2. The fourth-order valence-corrected chi connectivity index (χ4v) is 3.02. The Morgan fingerprint density at radius 3 is 2.61 bits per heavy atom. The Hall–Kier alpha value is -1.88. The van der Waals surface area contributed by atoms with E-state index in [1.54, 1.807) is 7.11 Å². The fraction of sp³-hybridized carbons (Fsp3) is 0.556. The van der Waals surface area contributed by atoms with Crippen molar-refractivity contribution in [1.82, 2.24) is 15.0 Å². The molecule has 1 aromatic heterocycles. The van der Waals surface area contributed by atoms with E-state index in [1.807, 2.05) is 12.1 Å². The Morgan fingerprint density at radius 1 is 1.26 bits per heavy atom. The van der Waals surface area contributed by atoms with Crippen molar-refractivity contribution >= 4 is 0 Å². The van der Waals surface area contributed by atoms with E-state index in [9.17, 15) is 0 Å². The molecule has 0 aliphatic carbocycles. The summed E-state index contributed by atoms with van der Waals surface area (Å²) in [5, 5.41) is 4.12. The molecule has 0 radical (unpaired) electrons. The van der Waals surface area contributed by atoms with E-state index in [4.69, 9.17) is 9.26 Å². The van der Waals surface area contributed by atoms with Crippen LogP contribution in [-0.2, 0) is 12.0 Å². The monoisotopic (exact) mass is 315 g/mol. The molecular weight excluding hydrogens is 290 g/mol. The standard InChI is InChI=1S/C18H25N3O2/c1-18(2,3)17-19-16(23-20-17)12-21-11-5-6-15(21)13-7-9-14(22-4)10-8-13/h7-10,15H,5-6,11-12H2,1-4H3/t15-/m0/s1. The molecule has 1 aromatic carbocycles. The van der Waals surface area contributed by atoms with Crippen molar-refractivity contribution in [3.05, 3.63) is 41.5 Å². The van der Waals surface area contributed by atoms with Crippen LogP contribution in [0.25, 0.3) is 0 Å². The lowest BCUT2D eigenvalue weighted by Gasteiger charge is -2.23. The molecule has 1 fully saturated rings. The van der Waals surface area contributed by atoms with Crippen molar-refractivity contribution < 1.29 is 9.26 Å². The molecule has 0 spiro atoms. The SMILES string of the molecule is COc1ccc([C@@H]2CCCN2Cc2nc(C(C)(C)C)no2)cc1. The molecule has 3 rings (SSSR count). The number of methoxy groups -OCH3 is 1. The average Bonchev–Trinajstić information content (AvgIpc) is 3.17. The highest BCUT2D eigenvalue weighted by atomic mass is 16.5. The number of rotatable bonds is 4. The van der Waals surface area contributed by atoms with Gasteiger partial charge in [0.2, 0.25) is 5.89 Å². The van der Waals surface area contributed by atoms with E-state index < -0.39 is 0 Å². The van der Waals surface area contributed by atoms with Crippen molar-refractivity contribution in [1.29, 1.82) is 0 Å². The van der Waals surface area contributed by atoms with Gasteiger partial charge in [0.15, 0.2) is 5.82 Å². The number of ether oxygens (including phenoxy) is 1. The second-order valence-electron chi connectivity index (χ2n) is 7.16. The summed E-state index contributed by atoms with van der Waals surface area (Å²) in [6.45, 7) is 8.05. The molecule has 2 aromatic rings. The lowest BCUT2D eigenvalue weighted by molar-refractivity contribution is 0.212. The maximum atomic E-state index is 5.45. The first-order valence-corrected chi connectivity index (χ1v) is 8.18. The summed E-state index contributed by atoms with van der Waals surface area (Å²) in [5.41, 5.74) is 1.24. The molecule has 2 heterocycles. The first kappa shape index (κ1) is 16.0. The number of aromatic nitrogens is 2. The third kappa shape index (κ3) is 3.55. The third-order valence-corrected chi connectivity index (χ3v) is 4.34. The number of hydrogen-bond donors (Lipinski definition) is 0. The summed E-state index contributed by atoms with van der Waals surface area (Å²) < 4.78 is 10.7. The molecule has 1 aliphatic rings. The van der Waals surface area contributed by atoms with Crippen LogP contribution >= 0.6 is 0 Å². The number of likely N-dealkylation sites (tertiary alicyclic amines) is 1. The molecule has 1 aliphatic heterocycles. The second kappa shape index (κ2) is 6.32. The Bertz CT molecular complexity index is 643. The van der Waals surface area contributed by atoms with Gasteiger partial charge in [-0.2, -0.15) is 4.98 Å². The molecule has 0 N–H and O–H groups in total. The van der Waals surface area contributed by atoms with Gasteiger partial charge in [-0.15, -0.1) is 0 Å². The highest BCUT2D eigenvalue weighted by molar-refractivity contribution is 5.29. The van der Waals surface area contributed by atoms with Crippen molar-refractivity contribution in [2.24, 2.45) is 0 Å². The zero-order valence-electron chi connectivity index (χ0n) is 14.4. The van der Waals surface area contributed by atoms with E-state index in [-0.39, 0.29) is 5.41 Å². The number of benzene rings is 1. The van der Waals surface area contributed by atoms with Gasteiger partial charge in [-0.25, -0.2) is 0 Å². The molecule has 1 atom stereocenters. The van der Waals surface area contributed by atoms with Gasteiger partial charge < -0.3 is 9.26 Å². The van der Waals surface area contributed by atoms with Gasteiger partial charge in [0.05, 0.1) is 13.7 Å². The van der Waals surface area contributed by atoms with E-state index in [0.717, 1.165) is 24.5 Å². The van der Waals surface area contributed by atoms with Crippen LogP contribution in [-0.4, -0.2) is 28.7 Å². The minimum absolute atomic E-state index is 0.0812. The number of hydrogen-bond acceptors (Lipinski definition) is 5. The van der Waals surface area contributed by atoms with Crippen molar-refractivity contribution in [3.8, 4) is 5.75 Å². The third-order valence-electron chi connectivity index (χ3n) is 4.34. The lowest BCUT2D eigenvalue weighted by Crippen LogP contribution is -2.23. The maximum absolute atomic E-state index is 5.45. The van der Waals surface area contributed by atoms with Crippen LogP contribution in [0.15, 0.2) is 28.8 Å². The van der Waals surface area contributed by atoms with Crippen LogP contribution in [0.5, 0.6) is 5.75 Å². The molecule has 0 unspecified atom stereocenters. The van der Waals surface area contributed by atoms with Crippen LogP contribution in [0, 0.1) is 0 Å². The molecule has 5 heteroatoms. The zero-order chi connectivity index (χ0) is 16.4. The topological polar surface area (TPSA) is 51.4 Å². The molecule has 5 nitrogen and oxygen atoms in total. The van der Waals surface area contributed by atoms with Crippen LogP contribution in [0.4, 0.5) is 0 Å². The minimum atomic E-state index is -0.0812. The summed E-state index contributed by atoms with van der Waals surface area (Å²) in [6.07, 6.45) is 2.35. The summed E-state index contributed by atoms with van der Waals surface area (Å²) in [7, 11) is 1.69. The Kier molecular flexibility index (Phi) is 4.39. The molecule has 0 bridgehead atoms. The average molecular weight is 315 g/mol. The highest BCUT2D eigenvalue weighted by Gasteiger charge is 2.28. The van der Waals surface area contributed by atoms with Crippen LogP contribution < -0.4 is 4.74 Å². The van der Waals surface area contributed by atoms with Crippen LogP contribution in [0.1, 0.15) is 56.9 Å². The Morgan fingerprint density at radius 2 is 2.00 bits per heavy atom. The van der Waals surface area contributed by atoms with Crippen molar-refractivity contribution in [2.75, 3.05) is 13.7 Å². The fourth-order valence-electron chi connectivity index (χ4n) is 3.02. The Labute approximate surface area is 137 Å². The molecule has 124 valence electrons. The molecular formula is C18H25N3O2. The van der Waals surface area contributed by atoms with Gasteiger partial charge in [-0.1, -0.05) is 38.1 Å². The predicted molar refractivity (Wildman–Crippen MR) is 88.4 cm³/mol. The predicted octanol–water partition coefficient (Wildman–Crippen LogP) is 3.71. The quantitative estimate of drug-likeness (QED) is 0.861. The van der Waals surface area contributed by atoms with E-state index in [2.05, 4.69) is 47.9 Å². The smallest absolute Gasteiger partial charge is 0.240 e. The summed E-state index contributed by atoms with van der Waals surface area (Å²) in [6, 6.07) is 8.75. The van der Waals surface area contributed by atoms with Gasteiger partial charge in [0.1, 0.15) is 5.75 Å². The summed E-state index contributed by atoms with van der Waals surface area (Å²) in [5.74, 6) is 2.37. The molecule has 0 amide bonds. The lowest BCUT2D eigenvalue weighted by atomic mass is 9.96. The van der Waals surface area contributed by atoms with Crippen LogP contribution in [0.2, 0.25) is 0 Å².